The number of rotatable bonds is 8. The number of amides is 1. The largest absolute Gasteiger partial charge is 0.489 e. The molecule has 1 heterocycles. The number of hydrogen-bond acceptors (Lipinski definition) is 4. The van der Waals surface area contributed by atoms with Gasteiger partial charge in [-0.15, -0.1) is 0 Å². The maximum absolute atomic E-state index is 12.7. The lowest BCUT2D eigenvalue weighted by atomic mass is 10.1. The molecule has 3 rings (SSSR count). The van der Waals surface area contributed by atoms with Gasteiger partial charge in [-0.3, -0.25) is 9.59 Å². The van der Waals surface area contributed by atoms with Gasteiger partial charge in [-0.1, -0.05) is 36.4 Å². The summed E-state index contributed by atoms with van der Waals surface area (Å²) in [6.07, 6.45) is -4.56. The molecule has 9 heteroatoms. The topological polar surface area (TPSA) is 80.4 Å². The quantitative estimate of drug-likeness (QED) is 0.567. The molecule has 1 amide bonds. The summed E-state index contributed by atoms with van der Waals surface area (Å²) in [5, 5.41) is 2.56. The molecule has 0 aliphatic heterocycles. The summed E-state index contributed by atoms with van der Waals surface area (Å²) < 4.78 is 48.2. The maximum Gasteiger partial charge on any atom is 0.422 e. The van der Waals surface area contributed by atoms with E-state index in [0.29, 0.717) is 11.4 Å². The lowest BCUT2D eigenvalue weighted by molar-refractivity contribution is -0.153. The number of halogens is 3. The number of pyridine rings is 1. The molecule has 0 unspecified atom stereocenters. The number of aromatic nitrogens is 1. The molecule has 2 N–H and O–H groups in total. The van der Waals surface area contributed by atoms with Crippen LogP contribution in [0.25, 0.3) is 0 Å². The van der Waals surface area contributed by atoms with Gasteiger partial charge in [0.2, 0.25) is 5.56 Å². The van der Waals surface area contributed by atoms with E-state index in [1.807, 2.05) is 30.3 Å². The minimum Gasteiger partial charge on any atom is -0.489 e. The summed E-state index contributed by atoms with van der Waals surface area (Å²) in [5.74, 6) is -0.614. The second kappa shape index (κ2) is 9.84. The van der Waals surface area contributed by atoms with E-state index < -0.39 is 18.7 Å². The van der Waals surface area contributed by atoms with Gasteiger partial charge in [0.15, 0.2) is 6.61 Å². The third-order valence-electron chi connectivity index (χ3n) is 4.10. The van der Waals surface area contributed by atoms with Crippen molar-refractivity contribution in [3.63, 3.8) is 0 Å². The lowest BCUT2D eigenvalue weighted by Crippen LogP contribution is -2.26. The predicted molar refractivity (Wildman–Crippen MR) is 107 cm³/mol. The van der Waals surface area contributed by atoms with Gasteiger partial charge in [0.05, 0.1) is 12.1 Å². The molecule has 0 fully saturated rings. The number of ether oxygens (including phenoxy) is 2. The Hall–Kier alpha value is -3.75. The second-order valence-electron chi connectivity index (χ2n) is 6.56. The lowest BCUT2D eigenvalue weighted by Gasteiger charge is -2.15. The molecule has 0 atom stereocenters. The van der Waals surface area contributed by atoms with Crippen LogP contribution in [0.1, 0.15) is 21.6 Å². The summed E-state index contributed by atoms with van der Waals surface area (Å²) in [7, 11) is 0. The van der Waals surface area contributed by atoms with E-state index in [4.69, 9.17) is 9.47 Å². The number of nitrogens with one attached hydrogen (secondary N) is 2. The molecule has 0 radical (unpaired) electrons. The number of benzene rings is 2. The summed E-state index contributed by atoms with van der Waals surface area (Å²) in [4.78, 5) is 26.6. The van der Waals surface area contributed by atoms with E-state index >= 15 is 0 Å². The smallest absolute Gasteiger partial charge is 0.422 e. The van der Waals surface area contributed by atoms with E-state index in [1.165, 1.54) is 30.3 Å². The summed E-state index contributed by atoms with van der Waals surface area (Å²) >= 11 is 0. The Bertz CT molecular complexity index is 1080. The Morgan fingerprint density at radius 2 is 1.74 bits per heavy atom. The highest BCUT2D eigenvalue weighted by Crippen LogP contribution is 2.27. The normalized spacial score (nSPS) is 11.1. The van der Waals surface area contributed by atoms with Gasteiger partial charge in [-0.2, -0.15) is 13.2 Å². The first kappa shape index (κ1) is 21.9. The molecule has 1 aromatic heterocycles. The zero-order valence-corrected chi connectivity index (χ0v) is 16.2. The van der Waals surface area contributed by atoms with E-state index in [1.54, 1.807) is 6.07 Å². The van der Waals surface area contributed by atoms with Crippen molar-refractivity contribution in [3.8, 4) is 11.5 Å². The Morgan fingerprint density at radius 3 is 2.45 bits per heavy atom. The molecule has 162 valence electrons. The van der Waals surface area contributed by atoms with E-state index in [-0.39, 0.29) is 30.0 Å². The monoisotopic (exact) mass is 432 g/mol. The molecule has 0 aliphatic rings. The van der Waals surface area contributed by atoms with Gasteiger partial charge in [-0.05, 0) is 29.8 Å². The Labute approximate surface area is 175 Å². The highest BCUT2D eigenvalue weighted by Gasteiger charge is 2.29. The first-order chi connectivity index (χ1) is 14.8. The molecular weight excluding hydrogens is 413 g/mol. The first-order valence-electron chi connectivity index (χ1n) is 9.27. The highest BCUT2D eigenvalue weighted by atomic mass is 19.4. The zero-order chi connectivity index (χ0) is 22.3. The van der Waals surface area contributed by atoms with Crippen LogP contribution in [0.2, 0.25) is 0 Å². The number of H-pyrrole nitrogens is 1. The molecule has 3 aromatic rings. The minimum absolute atomic E-state index is 0.0251. The molecule has 0 spiro atoms. The van der Waals surface area contributed by atoms with Crippen LogP contribution in [-0.2, 0) is 13.2 Å². The Morgan fingerprint density at radius 1 is 0.968 bits per heavy atom. The Balaban J connectivity index is 1.76. The van der Waals surface area contributed by atoms with Crippen molar-refractivity contribution >= 4 is 5.91 Å². The molecule has 6 nitrogen and oxygen atoms in total. The molecule has 0 bridgehead atoms. The average Bonchev–Trinajstić information content (AvgIpc) is 2.75. The van der Waals surface area contributed by atoms with Gasteiger partial charge >= 0.3 is 6.18 Å². The van der Waals surface area contributed by atoms with E-state index in [0.717, 1.165) is 5.56 Å². The zero-order valence-electron chi connectivity index (χ0n) is 16.2. The van der Waals surface area contributed by atoms with Gasteiger partial charge in [0.1, 0.15) is 18.1 Å². The van der Waals surface area contributed by atoms with Crippen molar-refractivity contribution in [2.75, 3.05) is 6.61 Å². The van der Waals surface area contributed by atoms with Crippen molar-refractivity contribution in [1.29, 1.82) is 0 Å². The third-order valence-corrected chi connectivity index (χ3v) is 4.10. The number of alkyl halides is 3. The van der Waals surface area contributed by atoms with Gasteiger partial charge in [0.25, 0.3) is 5.91 Å². The van der Waals surface area contributed by atoms with Crippen molar-refractivity contribution in [2.24, 2.45) is 0 Å². The number of carbonyl (C=O) groups is 1. The van der Waals surface area contributed by atoms with Crippen LogP contribution in [0.15, 0.2) is 71.5 Å². The molecule has 0 saturated heterocycles. The number of hydrogen-bond donors (Lipinski definition) is 2. The van der Waals surface area contributed by atoms with Crippen LogP contribution in [0.3, 0.4) is 0 Å². The van der Waals surface area contributed by atoms with Crippen LogP contribution in [-0.4, -0.2) is 23.7 Å². The highest BCUT2D eigenvalue weighted by molar-refractivity contribution is 5.97. The van der Waals surface area contributed by atoms with E-state index in [2.05, 4.69) is 10.3 Å². The van der Waals surface area contributed by atoms with Crippen molar-refractivity contribution in [2.45, 2.75) is 19.3 Å². The fourth-order valence-corrected chi connectivity index (χ4v) is 2.67. The number of carbonyl (C=O) groups excluding carboxylic acids is 1. The van der Waals surface area contributed by atoms with Crippen LogP contribution < -0.4 is 20.3 Å². The molecular formula is C22H19F3N2O4. The van der Waals surface area contributed by atoms with Crippen LogP contribution in [0.4, 0.5) is 13.2 Å². The van der Waals surface area contributed by atoms with Crippen molar-refractivity contribution in [3.05, 3.63) is 93.9 Å². The second-order valence-corrected chi connectivity index (χ2v) is 6.56. The van der Waals surface area contributed by atoms with Crippen LogP contribution >= 0.6 is 0 Å². The maximum atomic E-state index is 12.7. The molecule has 0 aliphatic carbocycles. The fraction of sp³-hybridized carbons (Fsp3) is 0.182. The molecule has 31 heavy (non-hydrogen) atoms. The van der Waals surface area contributed by atoms with Crippen LogP contribution in [0, 0.1) is 0 Å². The average molecular weight is 432 g/mol. The third kappa shape index (κ3) is 6.91. The molecule has 2 aromatic carbocycles. The fourth-order valence-electron chi connectivity index (χ4n) is 2.67. The molecule has 0 saturated carbocycles. The van der Waals surface area contributed by atoms with E-state index in [9.17, 15) is 22.8 Å². The van der Waals surface area contributed by atoms with Crippen LogP contribution in [0.5, 0.6) is 11.5 Å². The number of aromatic amines is 1. The Kier molecular flexibility index (Phi) is 6.96. The summed E-state index contributed by atoms with van der Waals surface area (Å²) in [6, 6.07) is 17.7. The van der Waals surface area contributed by atoms with Crippen molar-refractivity contribution in [1.82, 2.24) is 10.3 Å². The first-order valence-corrected chi connectivity index (χ1v) is 9.27. The summed E-state index contributed by atoms with van der Waals surface area (Å²) in [5.41, 5.74) is 0.874. The predicted octanol–water partition coefficient (Wildman–Crippen LogP) is 3.83. The van der Waals surface area contributed by atoms with Crippen molar-refractivity contribution < 1.29 is 27.4 Å². The van der Waals surface area contributed by atoms with Gasteiger partial charge in [0, 0.05) is 11.8 Å². The van der Waals surface area contributed by atoms with Gasteiger partial charge < -0.3 is 19.8 Å². The standard InChI is InChI=1S/C22H19F3N2O4/c23-22(24,25)14-31-19-10-9-17(30-13-15-5-2-1-3-6-15)11-18(19)21(29)26-12-16-7-4-8-20(28)27-16/h1-11H,12-14H2,(H,26,29)(H,27,28). The van der Waals surface area contributed by atoms with Gasteiger partial charge in [-0.25, -0.2) is 0 Å². The minimum atomic E-state index is -4.56. The SMILES string of the molecule is O=C(NCc1cccc(=O)[nH]1)c1cc(OCc2ccccc2)ccc1OCC(F)(F)F. The summed E-state index contributed by atoms with van der Waals surface area (Å²) in [6.45, 7) is -1.35.